The minimum Gasteiger partial charge on any atom is -0.297 e. The van der Waals surface area contributed by atoms with Crippen LogP contribution in [0.3, 0.4) is 0 Å². The van der Waals surface area contributed by atoms with E-state index in [0.29, 0.717) is 0 Å². The minimum atomic E-state index is -4.92. The average molecular weight is 240 g/mol. The summed E-state index contributed by atoms with van der Waals surface area (Å²) in [4.78, 5) is 16.3. The van der Waals surface area contributed by atoms with Gasteiger partial charge in [0.15, 0.2) is 0 Å². The summed E-state index contributed by atoms with van der Waals surface area (Å²) in [7, 11) is -11.6. The fourth-order valence-corrected chi connectivity index (χ4v) is 2.09. The van der Waals surface area contributed by atoms with Crippen molar-refractivity contribution < 1.29 is 42.0 Å². The van der Waals surface area contributed by atoms with Crippen molar-refractivity contribution in [2.45, 2.75) is 0 Å². The molecule has 0 aromatic heterocycles. The van der Waals surface area contributed by atoms with Gasteiger partial charge in [-0.2, -0.15) is 0 Å². The van der Waals surface area contributed by atoms with Crippen LogP contribution in [0, 0.1) is 0 Å². The molecular formula is H3O9P3+2. The fraction of sp³-hybridized carbons (Fsp3) is 0. The third kappa shape index (κ3) is 5.79. The standard InChI is InChI=1S/HO9P3/c1-7-11(4)9-12(5,6)8-10(2)3/h(H-2,1,2,3,5,6)/p+2. The van der Waals surface area contributed by atoms with Gasteiger partial charge >= 0.3 is 24.3 Å². The van der Waals surface area contributed by atoms with Crippen LogP contribution >= 0.6 is 24.3 Å². The molecule has 9 nitrogen and oxygen atoms in total. The zero-order valence-corrected chi connectivity index (χ0v) is 7.82. The molecule has 0 fully saturated rings. The highest BCUT2D eigenvalue weighted by molar-refractivity contribution is 7.60. The molecule has 0 amide bonds. The molecule has 0 radical (unpaired) electrons. The Bertz CT molecular complexity index is 228. The molecule has 0 rings (SSSR count). The van der Waals surface area contributed by atoms with Crippen LogP contribution in [-0.4, -0.2) is 15.0 Å². The largest absolute Gasteiger partial charge is 0.739 e. The molecule has 0 aromatic rings. The Balaban J connectivity index is 4.13. The fourth-order valence-electron chi connectivity index (χ4n) is 0.202. The van der Waals surface area contributed by atoms with Crippen LogP contribution in [-0.2, 0) is 27.0 Å². The molecule has 0 saturated carbocycles. The smallest absolute Gasteiger partial charge is 0.297 e. The van der Waals surface area contributed by atoms with Gasteiger partial charge in [0.25, 0.3) is 0 Å². The molecule has 70 valence electrons. The van der Waals surface area contributed by atoms with Crippen molar-refractivity contribution >= 4 is 24.3 Å². The normalized spacial score (nSPS) is 18.2. The van der Waals surface area contributed by atoms with Crippen molar-refractivity contribution in [3.63, 3.8) is 0 Å². The minimum absolute atomic E-state index is 2.97. The molecule has 12 heteroatoms. The second-order valence-corrected chi connectivity index (χ2v) is 4.50. The molecule has 3 atom stereocenters. The Kier molecular flexibility index (Phi) is 5.12. The lowest BCUT2D eigenvalue weighted by molar-refractivity contribution is -0.138. The van der Waals surface area contributed by atoms with Crippen LogP contribution in [0.5, 0.6) is 0 Å². The van der Waals surface area contributed by atoms with Crippen molar-refractivity contribution in [1.82, 2.24) is 0 Å². The molecular weight excluding hydrogens is 237 g/mol. The first-order chi connectivity index (χ1) is 5.37. The first-order valence-electron chi connectivity index (χ1n) is 2.04. The maximum Gasteiger partial charge on any atom is 0.739 e. The molecule has 0 saturated heterocycles. The lowest BCUT2D eigenvalue weighted by Gasteiger charge is -1.89. The van der Waals surface area contributed by atoms with E-state index in [9.17, 15) is 13.7 Å². The highest BCUT2D eigenvalue weighted by Crippen LogP contribution is 2.56. The zero-order chi connectivity index (χ0) is 9.78. The van der Waals surface area contributed by atoms with E-state index in [-0.39, 0.29) is 0 Å². The van der Waals surface area contributed by atoms with E-state index in [4.69, 9.17) is 15.0 Å². The van der Waals surface area contributed by atoms with Gasteiger partial charge in [0.1, 0.15) is 0 Å². The third-order valence-corrected chi connectivity index (χ3v) is 3.29. The average Bonchev–Trinajstić information content (AvgIpc) is 1.83. The molecule has 0 bridgehead atoms. The predicted molar refractivity (Wildman–Crippen MR) is 33.1 cm³/mol. The second kappa shape index (κ2) is 5.04. The van der Waals surface area contributed by atoms with Gasteiger partial charge in [-0.05, 0) is 0 Å². The first kappa shape index (κ1) is 12.2. The van der Waals surface area contributed by atoms with E-state index >= 15 is 0 Å². The van der Waals surface area contributed by atoms with Gasteiger partial charge in [0, 0.05) is 17.8 Å². The Morgan fingerprint density at radius 3 is 2.08 bits per heavy atom. The Morgan fingerprint density at radius 1 is 1.25 bits per heavy atom. The molecule has 3 N–H and O–H groups in total. The third-order valence-electron chi connectivity index (χ3n) is 0.410. The van der Waals surface area contributed by atoms with Gasteiger partial charge < -0.3 is 0 Å². The summed E-state index contributed by atoms with van der Waals surface area (Å²) in [5.41, 5.74) is 0. The molecule has 3 unspecified atom stereocenters. The summed E-state index contributed by atoms with van der Waals surface area (Å²) in [6.45, 7) is 0. The topological polar surface area (TPSA) is 140 Å². The lowest BCUT2D eigenvalue weighted by Crippen LogP contribution is -1.83. The van der Waals surface area contributed by atoms with Gasteiger partial charge in [-0.15, -0.1) is 4.89 Å². The van der Waals surface area contributed by atoms with E-state index in [1.807, 2.05) is 0 Å². The van der Waals surface area contributed by atoms with Crippen molar-refractivity contribution in [3.05, 3.63) is 0 Å². The summed E-state index contributed by atoms with van der Waals surface area (Å²) in [5.74, 6) is 0. The maximum absolute atomic E-state index is 10.4. The highest BCUT2D eigenvalue weighted by atomic mass is 31.3. The summed E-state index contributed by atoms with van der Waals surface area (Å²) in [5, 5.41) is 7.60. The van der Waals surface area contributed by atoms with Crippen LogP contribution < -0.4 is 0 Å². The molecule has 0 spiro atoms. The van der Waals surface area contributed by atoms with Crippen molar-refractivity contribution in [2.24, 2.45) is 0 Å². The van der Waals surface area contributed by atoms with E-state index < -0.39 is 24.3 Å². The van der Waals surface area contributed by atoms with Crippen molar-refractivity contribution in [1.29, 1.82) is 0 Å². The van der Waals surface area contributed by atoms with Crippen molar-refractivity contribution in [2.75, 3.05) is 0 Å². The number of phosphoric acid groups is 1. The summed E-state index contributed by atoms with van der Waals surface area (Å²) < 4.78 is 40.1. The Labute approximate surface area is 67.3 Å². The predicted octanol–water partition coefficient (Wildman–Crippen LogP) is 0.917. The molecule has 0 aliphatic carbocycles. The monoisotopic (exact) mass is 240 g/mol. The summed E-state index contributed by atoms with van der Waals surface area (Å²) in [6.07, 6.45) is 0. The molecule has 0 aromatic carbocycles. The first-order valence-corrected chi connectivity index (χ1v) is 5.76. The zero-order valence-electron chi connectivity index (χ0n) is 5.13. The van der Waals surface area contributed by atoms with Crippen LogP contribution in [0.2, 0.25) is 0 Å². The number of rotatable bonds is 5. The van der Waals surface area contributed by atoms with E-state index in [2.05, 4.69) is 13.3 Å². The van der Waals surface area contributed by atoms with Crippen LogP contribution in [0.25, 0.3) is 0 Å². The lowest BCUT2D eigenvalue weighted by atomic mass is 15.0. The van der Waals surface area contributed by atoms with Crippen LogP contribution in [0.1, 0.15) is 0 Å². The number of hydrogen-bond donors (Lipinski definition) is 3. The summed E-state index contributed by atoms with van der Waals surface area (Å²) >= 11 is 0. The molecule has 12 heavy (non-hydrogen) atoms. The number of hydrogen-bond acceptors (Lipinski definition) is 7. The molecule has 0 aliphatic heterocycles. The highest BCUT2D eigenvalue weighted by Gasteiger charge is 2.45. The van der Waals surface area contributed by atoms with Crippen molar-refractivity contribution in [3.8, 4) is 0 Å². The SMILES string of the molecule is O=[P+](O)OP(=O)(O)O[P+](=O)OO. The van der Waals surface area contributed by atoms with Crippen LogP contribution in [0.4, 0.5) is 0 Å². The summed E-state index contributed by atoms with van der Waals surface area (Å²) in [6, 6.07) is 0. The van der Waals surface area contributed by atoms with Crippen LogP contribution in [0.15, 0.2) is 0 Å². The molecule has 0 heterocycles. The van der Waals surface area contributed by atoms with E-state index in [0.717, 1.165) is 0 Å². The molecule has 0 aliphatic rings. The van der Waals surface area contributed by atoms with Gasteiger partial charge in [0.2, 0.25) is 0 Å². The maximum atomic E-state index is 10.4. The Morgan fingerprint density at radius 2 is 1.75 bits per heavy atom. The van der Waals surface area contributed by atoms with E-state index in [1.165, 1.54) is 0 Å². The van der Waals surface area contributed by atoms with Gasteiger partial charge in [-0.3, -0.25) is 4.89 Å². The van der Waals surface area contributed by atoms with Gasteiger partial charge in [-0.1, -0.05) is 0 Å². The quantitative estimate of drug-likeness (QED) is 0.363. The van der Waals surface area contributed by atoms with Gasteiger partial charge in [0.05, 0.1) is 4.67 Å². The second-order valence-electron chi connectivity index (χ2n) is 1.17. The van der Waals surface area contributed by atoms with E-state index in [1.54, 1.807) is 0 Å². The Hall–Kier alpha value is 0.190. The van der Waals surface area contributed by atoms with Gasteiger partial charge in [-0.25, -0.2) is 9.82 Å².